The maximum absolute atomic E-state index is 11.6. The fraction of sp³-hybridized carbons (Fsp3) is 0.273. The predicted molar refractivity (Wildman–Crippen MR) is 72.6 cm³/mol. The number of benzene rings is 1. The highest BCUT2D eigenvalue weighted by Gasteiger charge is 2.15. The van der Waals surface area contributed by atoms with Crippen LogP contribution in [0.25, 0.3) is 0 Å². The number of halogens is 2. The van der Waals surface area contributed by atoms with Crippen molar-refractivity contribution in [3.8, 4) is 0 Å². The second kappa shape index (κ2) is 6.72. The van der Waals surface area contributed by atoms with E-state index < -0.39 is 17.9 Å². The van der Waals surface area contributed by atoms with Gasteiger partial charge in [0.25, 0.3) is 0 Å². The summed E-state index contributed by atoms with van der Waals surface area (Å²) in [7, 11) is 0. The Morgan fingerprint density at radius 3 is 2.72 bits per heavy atom. The minimum absolute atomic E-state index is 0.0887. The van der Waals surface area contributed by atoms with E-state index in [4.69, 9.17) is 22.4 Å². The van der Waals surface area contributed by atoms with E-state index in [1.54, 1.807) is 18.2 Å². The van der Waals surface area contributed by atoms with Crippen LogP contribution in [0.4, 0.5) is 5.69 Å². The zero-order valence-corrected chi connectivity index (χ0v) is 11.7. The van der Waals surface area contributed by atoms with E-state index >= 15 is 0 Å². The highest BCUT2D eigenvalue weighted by atomic mass is 79.9. The summed E-state index contributed by atoms with van der Waals surface area (Å²) in [5.41, 5.74) is 6.08. The van der Waals surface area contributed by atoms with Crippen LogP contribution in [0.2, 0.25) is 5.02 Å². The fourth-order valence-electron chi connectivity index (χ4n) is 1.22. The Morgan fingerprint density at radius 2 is 2.17 bits per heavy atom. The lowest BCUT2D eigenvalue weighted by atomic mass is 10.1. The number of amides is 1. The molecule has 4 N–H and O–H groups in total. The highest BCUT2D eigenvalue weighted by Crippen LogP contribution is 2.25. The van der Waals surface area contributed by atoms with Crippen LogP contribution < -0.4 is 11.1 Å². The summed E-state index contributed by atoms with van der Waals surface area (Å²) >= 11 is 9.10. The number of hydrogen-bond donors (Lipinski definition) is 3. The lowest BCUT2D eigenvalue weighted by Gasteiger charge is -2.11. The molecule has 0 aliphatic rings. The van der Waals surface area contributed by atoms with E-state index in [0.29, 0.717) is 10.7 Å². The van der Waals surface area contributed by atoms with Crippen molar-refractivity contribution < 1.29 is 14.7 Å². The number of carbonyl (C=O) groups is 2. The molecule has 1 atom stereocenters. The van der Waals surface area contributed by atoms with Gasteiger partial charge in [0.1, 0.15) is 0 Å². The molecule has 18 heavy (non-hydrogen) atoms. The Bertz CT molecular complexity index is 468. The molecule has 0 bridgehead atoms. The van der Waals surface area contributed by atoms with Crippen LogP contribution in [0.15, 0.2) is 22.7 Å². The lowest BCUT2D eigenvalue weighted by molar-refractivity contribution is -0.137. The van der Waals surface area contributed by atoms with Crippen LogP contribution in [0, 0.1) is 0 Å². The molecule has 0 aliphatic heterocycles. The van der Waals surface area contributed by atoms with Crippen LogP contribution in [0.1, 0.15) is 12.8 Å². The Morgan fingerprint density at radius 1 is 1.50 bits per heavy atom. The second-order valence-electron chi connectivity index (χ2n) is 3.66. The number of hydrogen-bond acceptors (Lipinski definition) is 3. The lowest BCUT2D eigenvalue weighted by Crippen LogP contribution is -2.36. The Kier molecular flexibility index (Phi) is 5.58. The van der Waals surface area contributed by atoms with Crippen molar-refractivity contribution in [2.24, 2.45) is 5.73 Å². The smallest absolute Gasteiger partial charge is 0.303 e. The Hall–Kier alpha value is -1.11. The van der Waals surface area contributed by atoms with E-state index in [1.165, 1.54) is 0 Å². The molecule has 0 saturated carbocycles. The molecule has 0 radical (unpaired) electrons. The molecule has 0 fully saturated rings. The van der Waals surface area contributed by atoms with Gasteiger partial charge in [0.15, 0.2) is 0 Å². The predicted octanol–water partition coefficient (Wildman–Crippen LogP) is 2.23. The molecule has 5 nitrogen and oxygen atoms in total. The topological polar surface area (TPSA) is 92.4 Å². The molecule has 1 amide bonds. The largest absolute Gasteiger partial charge is 0.481 e. The van der Waals surface area contributed by atoms with Gasteiger partial charge in [-0.2, -0.15) is 0 Å². The van der Waals surface area contributed by atoms with E-state index in [0.717, 1.165) is 4.47 Å². The van der Waals surface area contributed by atoms with Gasteiger partial charge in [-0.1, -0.05) is 11.6 Å². The van der Waals surface area contributed by atoms with Gasteiger partial charge in [-0.15, -0.1) is 0 Å². The van der Waals surface area contributed by atoms with Crippen molar-refractivity contribution in [2.45, 2.75) is 18.9 Å². The maximum atomic E-state index is 11.6. The van der Waals surface area contributed by atoms with Crippen LogP contribution in [0.5, 0.6) is 0 Å². The van der Waals surface area contributed by atoms with Crippen LogP contribution >= 0.6 is 27.5 Å². The Labute approximate surface area is 117 Å². The number of nitrogens with two attached hydrogens (primary N) is 1. The van der Waals surface area contributed by atoms with Gasteiger partial charge in [0.05, 0.1) is 11.1 Å². The van der Waals surface area contributed by atoms with E-state index in [1.807, 2.05) is 0 Å². The van der Waals surface area contributed by atoms with Crippen molar-refractivity contribution in [3.63, 3.8) is 0 Å². The summed E-state index contributed by atoms with van der Waals surface area (Å²) in [6.45, 7) is 0. The number of carboxylic acid groups (broad SMARTS) is 1. The monoisotopic (exact) mass is 334 g/mol. The minimum Gasteiger partial charge on any atom is -0.481 e. The molecule has 1 unspecified atom stereocenters. The summed E-state index contributed by atoms with van der Waals surface area (Å²) in [5.74, 6) is -1.42. The van der Waals surface area contributed by atoms with Gasteiger partial charge in [-0.3, -0.25) is 9.59 Å². The highest BCUT2D eigenvalue weighted by molar-refractivity contribution is 9.10. The number of nitrogens with one attached hydrogen (secondary N) is 1. The molecule has 0 aliphatic carbocycles. The van der Waals surface area contributed by atoms with Crippen molar-refractivity contribution in [3.05, 3.63) is 27.7 Å². The normalized spacial score (nSPS) is 11.9. The zero-order valence-electron chi connectivity index (χ0n) is 9.32. The minimum atomic E-state index is -0.982. The van der Waals surface area contributed by atoms with E-state index in [-0.39, 0.29) is 12.8 Å². The van der Waals surface area contributed by atoms with Crippen molar-refractivity contribution >= 4 is 45.1 Å². The van der Waals surface area contributed by atoms with E-state index in [2.05, 4.69) is 21.2 Å². The van der Waals surface area contributed by atoms with E-state index in [9.17, 15) is 9.59 Å². The van der Waals surface area contributed by atoms with Gasteiger partial charge in [-0.05, 0) is 40.5 Å². The number of anilines is 1. The first-order valence-corrected chi connectivity index (χ1v) is 6.30. The first kappa shape index (κ1) is 14.9. The molecule has 0 spiro atoms. The molecule has 0 heterocycles. The summed E-state index contributed by atoms with van der Waals surface area (Å²) in [4.78, 5) is 22.0. The summed E-state index contributed by atoms with van der Waals surface area (Å²) in [6.07, 6.45) is -0.0545. The molecule has 0 aromatic heterocycles. The fourth-order valence-corrected chi connectivity index (χ4v) is 1.65. The van der Waals surface area contributed by atoms with Crippen molar-refractivity contribution in [1.29, 1.82) is 0 Å². The molecule has 0 saturated heterocycles. The molecular weight excluding hydrogens is 323 g/mol. The van der Waals surface area contributed by atoms with Crippen LogP contribution in [-0.4, -0.2) is 23.0 Å². The van der Waals surface area contributed by atoms with Gasteiger partial charge < -0.3 is 16.2 Å². The van der Waals surface area contributed by atoms with Crippen LogP contribution in [0.3, 0.4) is 0 Å². The molecular formula is C11H12BrClN2O3. The molecule has 1 rings (SSSR count). The number of rotatable bonds is 5. The second-order valence-corrected chi connectivity index (χ2v) is 4.92. The number of carboxylic acids is 1. The molecule has 1 aromatic carbocycles. The third kappa shape index (κ3) is 4.64. The average Bonchev–Trinajstić information content (AvgIpc) is 2.30. The molecule has 98 valence electrons. The van der Waals surface area contributed by atoms with Gasteiger partial charge in [-0.25, -0.2) is 0 Å². The summed E-state index contributed by atoms with van der Waals surface area (Å²) < 4.78 is 0.720. The molecule has 1 aromatic rings. The van der Waals surface area contributed by atoms with Crippen molar-refractivity contribution in [1.82, 2.24) is 0 Å². The average molecular weight is 336 g/mol. The summed E-state index contributed by atoms with van der Waals surface area (Å²) in [6, 6.07) is 4.08. The first-order chi connectivity index (χ1) is 8.40. The van der Waals surface area contributed by atoms with Gasteiger partial charge in [0.2, 0.25) is 5.91 Å². The standard InChI is InChI=1S/C11H12BrClN2O3/c12-7-2-1-6(5-8(7)13)15-11(18)9(14)3-4-10(16)17/h1-2,5,9H,3-4,14H2,(H,15,18)(H,16,17). The number of aliphatic carboxylic acids is 1. The zero-order chi connectivity index (χ0) is 13.7. The van der Waals surface area contributed by atoms with Gasteiger partial charge >= 0.3 is 5.97 Å². The third-order valence-electron chi connectivity index (χ3n) is 2.19. The maximum Gasteiger partial charge on any atom is 0.303 e. The Balaban J connectivity index is 2.58. The third-order valence-corrected chi connectivity index (χ3v) is 3.43. The molecule has 7 heteroatoms. The van der Waals surface area contributed by atoms with Crippen LogP contribution in [-0.2, 0) is 9.59 Å². The van der Waals surface area contributed by atoms with Gasteiger partial charge in [0, 0.05) is 16.6 Å². The first-order valence-electron chi connectivity index (χ1n) is 5.13. The quantitative estimate of drug-likeness (QED) is 0.769. The van der Waals surface area contributed by atoms with Crippen molar-refractivity contribution in [2.75, 3.05) is 5.32 Å². The summed E-state index contributed by atoms with van der Waals surface area (Å²) in [5, 5.41) is 11.5. The SMILES string of the molecule is NC(CCC(=O)O)C(=O)Nc1ccc(Br)c(Cl)c1. The number of carbonyl (C=O) groups excluding carboxylic acids is 1.